The minimum absolute atomic E-state index is 0.496. The Morgan fingerprint density at radius 1 is 1.29 bits per heavy atom. The third kappa shape index (κ3) is 6.87. The molecule has 0 spiro atoms. The topological polar surface area (TPSA) is 58.6 Å². The normalized spacial score (nSPS) is 16.5. The lowest BCUT2D eigenvalue weighted by Crippen LogP contribution is -2.40. The lowest BCUT2D eigenvalue weighted by atomic mass is 10.1. The van der Waals surface area contributed by atoms with Crippen molar-refractivity contribution >= 4 is 5.96 Å². The van der Waals surface area contributed by atoms with Crippen molar-refractivity contribution in [2.45, 2.75) is 20.4 Å². The van der Waals surface area contributed by atoms with Gasteiger partial charge in [0, 0.05) is 57.9 Å². The van der Waals surface area contributed by atoms with Crippen LogP contribution in [0.1, 0.15) is 19.4 Å². The number of nitrogens with zero attached hydrogens (tertiary/aromatic N) is 3. The van der Waals surface area contributed by atoms with Gasteiger partial charge in [-0.2, -0.15) is 0 Å². The monoisotopic (exact) mass is 392 g/mol. The zero-order valence-corrected chi connectivity index (χ0v) is 18.0. The number of ether oxygens (including phenoxy) is 3. The van der Waals surface area contributed by atoms with E-state index in [0.29, 0.717) is 12.5 Å². The van der Waals surface area contributed by atoms with E-state index in [9.17, 15) is 0 Å². The van der Waals surface area contributed by atoms with Crippen molar-refractivity contribution in [2.24, 2.45) is 10.9 Å². The van der Waals surface area contributed by atoms with Crippen LogP contribution in [-0.2, 0) is 11.3 Å². The molecule has 0 amide bonds. The number of benzene rings is 1. The molecule has 1 heterocycles. The van der Waals surface area contributed by atoms with E-state index in [0.717, 1.165) is 69.0 Å². The summed E-state index contributed by atoms with van der Waals surface area (Å²) in [6.07, 6.45) is 0. The summed E-state index contributed by atoms with van der Waals surface area (Å²) in [5, 5.41) is 3.40. The van der Waals surface area contributed by atoms with E-state index in [-0.39, 0.29) is 0 Å². The lowest BCUT2D eigenvalue weighted by Gasteiger charge is -2.29. The molecule has 1 aromatic rings. The quantitative estimate of drug-likeness (QED) is 0.513. The van der Waals surface area contributed by atoms with Crippen molar-refractivity contribution in [3.8, 4) is 11.5 Å². The number of guanidine groups is 1. The van der Waals surface area contributed by atoms with Gasteiger partial charge >= 0.3 is 0 Å². The van der Waals surface area contributed by atoms with Crippen LogP contribution in [0.2, 0.25) is 0 Å². The molecule has 7 nitrogen and oxygen atoms in total. The molecule has 7 heteroatoms. The van der Waals surface area contributed by atoms with Gasteiger partial charge in [0.15, 0.2) is 5.96 Å². The standard InChI is InChI=1S/C21H36N4O3/c1-6-22-21(23-14-17(2)15-25-9-11-28-12-10-25)24(3)16-18-7-8-19(26-4)13-20(18)27-5/h7-8,13,17H,6,9-12,14-16H2,1-5H3,(H,22,23). The molecular formula is C21H36N4O3. The summed E-state index contributed by atoms with van der Waals surface area (Å²) in [4.78, 5) is 9.47. The number of nitrogens with one attached hydrogen (secondary N) is 1. The van der Waals surface area contributed by atoms with Crippen LogP contribution in [0.4, 0.5) is 0 Å². The fraction of sp³-hybridized carbons (Fsp3) is 0.667. The van der Waals surface area contributed by atoms with Crippen LogP contribution in [0.25, 0.3) is 0 Å². The second-order valence-electron chi connectivity index (χ2n) is 7.25. The van der Waals surface area contributed by atoms with E-state index in [2.05, 4.69) is 36.0 Å². The Balaban J connectivity index is 1.98. The molecule has 1 aliphatic heterocycles. The van der Waals surface area contributed by atoms with Gasteiger partial charge in [0.1, 0.15) is 11.5 Å². The average Bonchev–Trinajstić information content (AvgIpc) is 2.72. The molecule has 0 bridgehead atoms. The number of methoxy groups -OCH3 is 2. The Morgan fingerprint density at radius 3 is 2.68 bits per heavy atom. The Bertz CT molecular complexity index is 618. The first-order valence-electron chi connectivity index (χ1n) is 10.1. The van der Waals surface area contributed by atoms with Crippen LogP contribution < -0.4 is 14.8 Å². The highest BCUT2D eigenvalue weighted by molar-refractivity contribution is 5.79. The van der Waals surface area contributed by atoms with Gasteiger partial charge in [-0.3, -0.25) is 9.89 Å². The number of hydrogen-bond acceptors (Lipinski definition) is 5. The first-order valence-corrected chi connectivity index (χ1v) is 10.1. The van der Waals surface area contributed by atoms with Gasteiger partial charge in [-0.1, -0.05) is 6.92 Å². The fourth-order valence-electron chi connectivity index (χ4n) is 3.31. The van der Waals surface area contributed by atoms with Crippen molar-refractivity contribution in [1.82, 2.24) is 15.1 Å². The van der Waals surface area contributed by atoms with Crippen molar-refractivity contribution in [1.29, 1.82) is 0 Å². The van der Waals surface area contributed by atoms with Crippen molar-refractivity contribution in [3.05, 3.63) is 23.8 Å². The highest BCUT2D eigenvalue weighted by atomic mass is 16.5. The predicted molar refractivity (Wildman–Crippen MR) is 113 cm³/mol. The molecule has 2 rings (SSSR count). The van der Waals surface area contributed by atoms with E-state index in [1.54, 1.807) is 14.2 Å². The van der Waals surface area contributed by atoms with Gasteiger partial charge in [-0.15, -0.1) is 0 Å². The number of aliphatic imine (C=N–C) groups is 1. The molecule has 0 aliphatic carbocycles. The lowest BCUT2D eigenvalue weighted by molar-refractivity contribution is 0.0323. The molecular weight excluding hydrogens is 356 g/mol. The molecule has 28 heavy (non-hydrogen) atoms. The molecule has 0 radical (unpaired) electrons. The maximum absolute atomic E-state index is 5.53. The van der Waals surface area contributed by atoms with E-state index >= 15 is 0 Å². The molecule has 158 valence electrons. The molecule has 1 saturated heterocycles. The first kappa shape index (κ1) is 22.3. The zero-order chi connectivity index (χ0) is 20.4. The highest BCUT2D eigenvalue weighted by Gasteiger charge is 2.15. The molecule has 0 aromatic heterocycles. The Morgan fingerprint density at radius 2 is 2.04 bits per heavy atom. The van der Waals surface area contributed by atoms with E-state index in [4.69, 9.17) is 19.2 Å². The summed E-state index contributed by atoms with van der Waals surface area (Å²) in [7, 11) is 5.40. The molecule has 1 fully saturated rings. The Labute approximate surface area is 169 Å². The van der Waals surface area contributed by atoms with Crippen molar-refractivity contribution < 1.29 is 14.2 Å². The molecule has 0 saturated carbocycles. The van der Waals surface area contributed by atoms with Gasteiger partial charge < -0.3 is 24.4 Å². The van der Waals surface area contributed by atoms with E-state index < -0.39 is 0 Å². The molecule has 1 aromatic carbocycles. The smallest absolute Gasteiger partial charge is 0.193 e. The highest BCUT2D eigenvalue weighted by Crippen LogP contribution is 2.25. The van der Waals surface area contributed by atoms with E-state index in [1.807, 2.05) is 18.2 Å². The average molecular weight is 393 g/mol. The largest absolute Gasteiger partial charge is 0.497 e. The van der Waals surface area contributed by atoms with Crippen LogP contribution in [-0.4, -0.2) is 83.0 Å². The maximum atomic E-state index is 5.53. The fourth-order valence-corrected chi connectivity index (χ4v) is 3.31. The van der Waals surface area contributed by atoms with Crippen LogP contribution >= 0.6 is 0 Å². The molecule has 1 unspecified atom stereocenters. The maximum Gasteiger partial charge on any atom is 0.193 e. The Hall–Kier alpha value is -1.99. The van der Waals surface area contributed by atoms with Gasteiger partial charge in [-0.05, 0) is 25.0 Å². The van der Waals surface area contributed by atoms with Crippen LogP contribution in [0.15, 0.2) is 23.2 Å². The van der Waals surface area contributed by atoms with Crippen LogP contribution in [0.3, 0.4) is 0 Å². The summed E-state index contributed by atoms with van der Waals surface area (Å²) in [5.74, 6) is 3.02. The second kappa shape index (κ2) is 11.8. The van der Waals surface area contributed by atoms with Crippen molar-refractivity contribution in [3.63, 3.8) is 0 Å². The molecule has 1 atom stereocenters. The number of rotatable bonds is 9. The predicted octanol–water partition coefficient (Wildman–Crippen LogP) is 2.07. The van der Waals surface area contributed by atoms with Gasteiger partial charge in [0.25, 0.3) is 0 Å². The minimum Gasteiger partial charge on any atom is -0.497 e. The van der Waals surface area contributed by atoms with Gasteiger partial charge in [0.2, 0.25) is 0 Å². The summed E-state index contributed by atoms with van der Waals surface area (Å²) >= 11 is 0. The van der Waals surface area contributed by atoms with Gasteiger partial charge in [-0.25, -0.2) is 0 Å². The van der Waals surface area contributed by atoms with E-state index in [1.165, 1.54) is 0 Å². The zero-order valence-electron chi connectivity index (χ0n) is 18.0. The number of hydrogen-bond donors (Lipinski definition) is 1. The summed E-state index contributed by atoms with van der Waals surface area (Å²) < 4.78 is 16.2. The molecule has 1 aliphatic rings. The van der Waals surface area contributed by atoms with Crippen molar-refractivity contribution in [2.75, 3.05) is 67.2 Å². The SMILES string of the molecule is CCNC(=NCC(C)CN1CCOCC1)N(C)Cc1ccc(OC)cc1OC. The Kier molecular flexibility index (Phi) is 9.37. The minimum atomic E-state index is 0.496. The molecule has 1 N–H and O–H groups in total. The summed E-state index contributed by atoms with van der Waals surface area (Å²) in [6.45, 7) is 11.5. The summed E-state index contributed by atoms with van der Waals surface area (Å²) in [6, 6.07) is 5.91. The summed E-state index contributed by atoms with van der Waals surface area (Å²) in [5.41, 5.74) is 1.10. The number of morpholine rings is 1. The van der Waals surface area contributed by atoms with Gasteiger partial charge in [0.05, 0.1) is 27.4 Å². The second-order valence-corrected chi connectivity index (χ2v) is 7.25. The third-order valence-corrected chi connectivity index (χ3v) is 4.82. The van der Waals surface area contributed by atoms with Crippen LogP contribution in [0, 0.1) is 5.92 Å². The van der Waals surface area contributed by atoms with Crippen LogP contribution in [0.5, 0.6) is 11.5 Å². The third-order valence-electron chi connectivity index (χ3n) is 4.82. The first-order chi connectivity index (χ1) is 13.6.